The molecule has 8 nitrogen and oxygen atoms in total. The zero-order valence-electron chi connectivity index (χ0n) is 18.3. The van der Waals surface area contributed by atoms with E-state index in [0.29, 0.717) is 23.8 Å². The summed E-state index contributed by atoms with van der Waals surface area (Å²) in [5.41, 5.74) is 0.957. The second-order valence-electron chi connectivity index (χ2n) is 7.18. The highest BCUT2D eigenvalue weighted by atomic mass is 127. The molecular weight excluding hydrogens is 487 g/mol. The average molecular weight is 522 g/mol. The molecule has 1 saturated heterocycles. The number of methoxy groups -OCH3 is 3. The van der Waals surface area contributed by atoms with E-state index in [0.717, 1.165) is 44.4 Å². The maximum atomic E-state index is 5.55. The van der Waals surface area contributed by atoms with E-state index in [1.165, 1.54) is 0 Å². The monoisotopic (exact) mass is 522 g/mol. The third-order valence-corrected chi connectivity index (χ3v) is 5.01. The quantitative estimate of drug-likeness (QED) is 0.308. The van der Waals surface area contributed by atoms with E-state index in [-0.39, 0.29) is 29.5 Å². The van der Waals surface area contributed by atoms with Crippen LogP contribution >= 0.6 is 24.0 Å². The van der Waals surface area contributed by atoms with Gasteiger partial charge in [-0.15, -0.1) is 24.0 Å². The van der Waals surface area contributed by atoms with Gasteiger partial charge in [-0.3, -0.25) is 9.89 Å². The number of guanidine groups is 1. The van der Waals surface area contributed by atoms with Crippen molar-refractivity contribution < 1.29 is 18.9 Å². The Morgan fingerprint density at radius 2 is 1.72 bits per heavy atom. The van der Waals surface area contributed by atoms with Gasteiger partial charge in [0, 0.05) is 44.3 Å². The highest BCUT2D eigenvalue weighted by Gasteiger charge is 2.28. The first-order valence-corrected chi connectivity index (χ1v) is 9.52. The smallest absolute Gasteiger partial charge is 0.203 e. The summed E-state index contributed by atoms with van der Waals surface area (Å²) in [7, 11) is 6.60. The van der Waals surface area contributed by atoms with Crippen molar-refractivity contribution in [2.45, 2.75) is 25.9 Å². The number of ether oxygens (including phenoxy) is 4. The Morgan fingerprint density at radius 3 is 2.28 bits per heavy atom. The third kappa shape index (κ3) is 6.78. The fraction of sp³-hybridized carbons (Fsp3) is 0.650. The lowest BCUT2D eigenvalue weighted by molar-refractivity contribution is -0.00834. The van der Waals surface area contributed by atoms with Crippen LogP contribution in [0.5, 0.6) is 17.2 Å². The van der Waals surface area contributed by atoms with Crippen LogP contribution in [-0.4, -0.2) is 77.6 Å². The van der Waals surface area contributed by atoms with Crippen molar-refractivity contribution in [2.24, 2.45) is 4.99 Å². The Labute approximate surface area is 191 Å². The minimum atomic E-state index is 0. The highest BCUT2D eigenvalue weighted by molar-refractivity contribution is 14.0. The first-order chi connectivity index (χ1) is 13.5. The summed E-state index contributed by atoms with van der Waals surface area (Å²) in [4.78, 5) is 6.78. The topological polar surface area (TPSA) is 76.6 Å². The molecule has 1 aromatic carbocycles. The molecule has 0 atom stereocenters. The number of hydrogen-bond acceptors (Lipinski definition) is 6. The van der Waals surface area contributed by atoms with E-state index in [9.17, 15) is 0 Å². The van der Waals surface area contributed by atoms with E-state index in [2.05, 4.69) is 34.4 Å². The fourth-order valence-corrected chi connectivity index (χ4v) is 3.28. The molecule has 0 aliphatic carbocycles. The molecule has 0 aromatic heterocycles. The molecule has 0 unspecified atom stereocenters. The van der Waals surface area contributed by atoms with Gasteiger partial charge in [0.05, 0.1) is 34.5 Å². The lowest BCUT2D eigenvalue weighted by Crippen LogP contribution is -2.56. The number of aliphatic imine (C=N–C) groups is 1. The van der Waals surface area contributed by atoms with Crippen LogP contribution in [-0.2, 0) is 11.3 Å². The molecule has 1 fully saturated rings. The first-order valence-electron chi connectivity index (χ1n) is 9.52. The third-order valence-electron chi connectivity index (χ3n) is 5.01. The van der Waals surface area contributed by atoms with Gasteiger partial charge in [0.2, 0.25) is 5.75 Å². The van der Waals surface area contributed by atoms with Gasteiger partial charge in [-0.2, -0.15) is 0 Å². The van der Waals surface area contributed by atoms with Gasteiger partial charge in [0.15, 0.2) is 17.5 Å². The summed E-state index contributed by atoms with van der Waals surface area (Å²) in [5, 5.41) is 6.77. The molecular formula is C20H35IN4O4. The first kappa shape index (κ1) is 25.6. The van der Waals surface area contributed by atoms with E-state index in [4.69, 9.17) is 18.9 Å². The fourth-order valence-electron chi connectivity index (χ4n) is 3.28. The maximum Gasteiger partial charge on any atom is 0.203 e. The molecule has 2 N–H and O–H groups in total. The van der Waals surface area contributed by atoms with Gasteiger partial charge in [0.1, 0.15) is 0 Å². The molecule has 166 valence electrons. The predicted molar refractivity (Wildman–Crippen MR) is 126 cm³/mol. The summed E-state index contributed by atoms with van der Waals surface area (Å²) in [6.45, 7) is 9.25. The number of rotatable bonds is 8. The molecule has 1 aromatic rings. The van der Waals surface area contributed by atoms with Crippen molar-refractivity contribution in [1.29, 1.82) is 0 Å². The Morgan fingerprint density at radius 1 is 1.07 bits per heavy atom. The number of nitrogens with one attached hydrogen (secondary N) is 2. The Kier molecular flexibility index (Phi) is 10.8. The minimum absolute atomic E-state index is 0. The maximum absolute atomic E-state index is 5.55. The molecule has 0 saturated carbocycles. The summed E-state index contributed by atoms with van der Waals surface area (Å²) in [6.07, 6.45) is 0. The molecule has 0 bridgehead atoms. The second kappa shape index (κ2) is 12.3. The van der Waals surface area contributed by atoms with Crippen molar-refractivity contribution in [2.75, 3.05) is 61.2 Å². The van der Waals surface area contributed by atoms with Crippen molar-refractivity contribution in [3.8, 4) is 17.2 Å². The Bertz CT molecular complexity index is 664. The van der Waals surface area contributed by atoms with Crippen molar-refractivity contribution >= 4 is 29.9 Å². The van der Waals surface area contributed by atoms with Gasteiger partial charge < -0.3 is 29.6 Å². The Hall–Kier alpha value is -1.46. The van der Waals surface area contributed by atoms with Crippen LogP contribution in [0, 0.1) is 0 Å². The SMILES string of the molecule is CN=C(NCc1ccc(OC)c(OC)c1OC)NCC(C)(C)N1CCOCC1.I. The van der Waals surface area contributed by atoms with Gasteiger partial charge >= 0.3 is 0 Å². The summed E-state index contributed by atoms with van der Waals surface area (Å²) < 4.78 is 21.8. The van der Waals surface area contributed by atoms with E-state index < -0.39 is 0 Å². The lowest BCUT2D eigenvalue weighted by Gasteiger charge is -2.41. The average Bonchev–Trinajstić information content (AvgIpc) is 2.73. The number of hydrogen-bond donors (Lipinski definition) is 2. The second-order valence-corrected chi connectivity index (χ2v) is 7.18. The lowest BCUT2D eigenvalue weighted by atomic mass is 10.0. The summed E-state index contributed by atoms with van der Waals surface area (Å²) >= 11 is 0. The molecule has 1 aliphatic rings. The van der Waals surface area contributed by atoms with Crippen molar-refractivity contribution in [3.05, 3.63) is 17.7 Å². The summed E-state index contributed by atoms with van der Waals surface area (Å²) in [5.74, 6) is 2.61. The number of benzene rings is 1. The molecule has 2 rings (SSSR count). The zero-order chi connectivity index (χ0) is 20.6. The molecule has 29 heavy (non-hydrogen) atoms. The normalized spacial score (nSPS) is 15.3. The van der Waals surface area contributed by atoms with E-state index >= 15 is 0 Å². The molecule has 0 amide bonds. The standard InChI is InChI=1S/C20H34N4O4.HI/c1-20(2,24-9-11-28-12-10-24)14-23-19(21-3)22-13-15-7-8-16(25-4)18(27-6)17(15)26-5;/h7-8H,9-14H2,1-6H3,(H2,21,22,23);1H. The number of morpholine rings is 1. The van der Waals surface area contributed by atoms with Gasteiger partial charge in [-0.25, -0.2) is 0 Å². The van der Waals surface area contributed by atoms with Crippen LogP contribution in [0.2, 0.25) is 0 Å². The van der Waals surface area contributed by atoms with Crippen molar-refractivity contribution in [1.82, 2.24) is 15.5 Å². The van der Waals surface area contributed by atoms with Crippen LogP contribution in [0.3, 0.4) is 0 Å². The van der Waals surface area contributed by atoms with Crippen LogP contribution in [0.4, 0.5) is 0 Å². The van der Waals surface area contributed by atoms with Crippen LogP contribution < -0.4 is 24.8 Å². The molecule has 1 heterocycles. The number of nitrogens with zero attached hydrogens (tertiary/aromatic N) is 2. The zero-order valence-corrected chi connectivity index (χ0v) is 20.7. The molecule has 0 radical (unpaired) electrons. The largest absolute Gasteiger partial charge is 0.493 e. The Balaban J connectivity index is 0.00000420. The highest BCUT2D eigenvalue weighted by Crippen LogP contribution is 2.39. The van der Waals surface area contributed by atoms with Crippen LogP contribution in [0.15, 0.2) is 17.1 Å². The van der Waals surface area contributed by atoms with Crippen molar-refractivity contribution in [3.63, 3.8) is 0 Å². The summed E-state index contributed by atoms with van der Waals surface area (Å²) in [6, 6.07) is 3.83. The van der Waals surface area contributed by atoms with Gasteiger partial charge in [-0.1, -0.05) is 0 Å². The predicted octanol–water partition coefficient (Wildman–Crippen LogP) is 2.11. The molecule has 9 heteroatoms. The van der Waals surface area contributed by atoms with E-state index in [1.807, 2.05) is 12.1 Å². The minimum Gasteiger partial charge on any atom is -0.493 e. The van der Waals surface area contributed by atoms with Crippen LogP contribution in [0.25, 0.3) is 0 Å². The van der Waals surface area contributed by atoms with Crippen LogP contribution in [0.1, 0.15) is 19.4 Å². The van der Waals surface area contributed by atoms with Gasteiger partial charge in [-0.05, 0) is 26.0 Å². The van der Waals surface area contributed by atoms with Gasteiger partial charge in [0.25, 0.3) is 0 Å². The molecule has 0 spiro atoms. The molecule has 1 aliphatic heterocycles. The number of halogens is 1. The van der Waals surface area contributed by atoms with E-state index in [1.54, 1.807) is 28.4 Å².